The van der Waals surface area contributed by atoms with Gasteiger partial charge in [-0.3, -0.25) is 4.79 Å². The molecule has 2 rings (SSSR count). The molecule has 0 saturated heterocycles. The Balaban J connectivity index is 2.13. The zero-order chi connectivity index (χ0) is 19.5. The van der Waals surface area contributed by atoms with E-state index in [-0.39, 0.29) is 5.56 Å². The van der Waals surface area contributed by atoms with Crippen LogP contribution in [0, 0.1) is 0 Å². The van der Waals surface area contributed by atoms with E-state index in [0.29, 0.717) is 10.7 Å². The summed E-state index contributed by atoms with van der Waals surface area (Å²) in [6, 6.07) is 10.1. The fourth-order valence-corrected chi connectivity index (χ4v) is 3.54. The monoisotopic (exact) mass is 405 g/mol. The molecule has 0 spiro atoms. The summed E-state index contributed by atoms with van der Waals surface area (Å²) < 4.78 is 63.0. The molecule has 26 heavy (non-hydrogen) atoms. The minimum absolute atomic E-state index is 0.0361. The summed E-state index contributed by atoms with van der Waals surface area (Å²) in [4.78, 5) is 12.2. The molecular weight excluding hydrogens is 391 g/mol. The number of amides is 1. The van der Waals surface area contributed by atoms with Gasteiger partial charge in [-0.25, -0.2) is 8.42 Å². The van der Waals surface area contributed by atoms with Gasteiger partial charge in [0, 0.05) is 10.7 Å². The third-order valence-corrected chi connectivity index (χ3v) is 5.92. The molecule has 2 aromatic rings. The molecule has 0 heterocycles. The first-order chi connectivity index (χ1) is 12.0. The van der Waals surface area contributed by atoms with Crippen LogP contribution >= 0.6 is 11.6 Å². The van der Waals surface area contributed by atoms with Crippen LogP contribution in [-0.4, -0.2) is 19.6 Å². The van der Waals surface area contributed by atoms with Gasteiger partial charge in [-0.05, 0) is 42.8 Å². The number of hydrogen-bond donors (Lipinski definition) is 1. The smallest absolute Gasteiger partial charge is 0.325 e. The quantitative estimate of drug-likeness (QED) is 0.806. The van der Waals surface area contributed by atoms with Crippen molar-refractivity contribution in [2.45, 2.75) is 24.1 Å². The molecule has 0 aliphatic heterocycles. The van der Waals surface area contributed by atoms with Gasteiger partial charge in [0.15, 0.2) is 9.84 Å². The Morgan fingerprint density at radius 2 is 1.77 bits per heavy atom. The average molecular weight is 406 g/mol. The zero-order valence-electron chi connectivity index (χ0n) is 13.5. The van der Waals surface area contributed by atoms with Crippen molar-refractivity contribution >= 4 is 33.0 Å². The zero-order valence-corrected chi connectivity index (χ0v) is 15.1. The molecule has 0 saturated carbocycles. The molecule has 4 nitrogen and oxygen atoms in total. The van der Waals surface area contributed by atoms with E-state index < -0.39 is 38.5 Å². The molecule has 0 radical (unpaired) electrons. The van der Waals surface area contributed by atoms with Gasteiger partial charge in [-0.15, -0.1) is 0 Å². The SMILES string of the molecule is CC(C(=O)Nc1ccc(Cl)cc1)S(=O)(=O)Cc1cccc(C(F)(F)F)c1. The Labute approximate surface area is 153 Å². The lowest BCUT2D eigenvalue weighted by atomic mass is 10.1. The molecule has 2 aromatic carbocycles. The Bertz CT molecular complexity index is 896. The molecule has 0 fully saturated rings. The summed E-state index contributed by atoms with van der Waals surface area (Å²) in [6.45, 7) is 1.19. The van der Waals surface area contributed by atoms with E-state index in [1.54, 1.807) is 0 Å². The molecule has 1 amide bonds. The third-order valence-electron chi connectivity index (χ3n) is 3.64. The standard InChI is InChI=1S/C17H15ClF3NO3S/c1-11(16(23)22-15-7-5-14(18)6-8-15)26(24,25)10-12-3-2-4-13(9-12)17(19,20)21/h2-9,11H,10H2,1H3,(H,22,23). The van der Waals surface area contributed by atoms with Crippen LogP contribution in [0.4, 0.5) is 18.9 Å². The lowest BCUT2D eigenvalue weighted by Gasteiger charge is -2.14. The highest BCUT2D eigenvalue weighted by Crippen LogP contribution is 2.30. The van der Waals surface area contributed by atoms with E-state index in [1.165, 1.54) is 37.3 Å². The summed E-state index contributed by atoms with van der Waals surface area (Å²) in [5.41, 5.74) is -0.616. The van der Waals surface area contributed by atoms with Gasteiger partial charge in [-0.2, -0.15) is 13.2 Å². The van der Waals surface area contributed by atoms with Crippen molar-refractivity contribution in [1.82, 2.24) is 0 Å². The Morgan fingerprint density at radius 1 is 1.15 bits per heavy atom. The molecule has 0 aromatic heterocycles. The molecular formula is C17H15ClF3NO3S. The number of rotatable bonds is 5. The number of carbonyl (C=O) groups excluding carboxylic acids is 1. The van der Waals surface area contributed by atoms with E-state index >= 15 is 0 Å². The number of carbonyl (C=O) groups is 1. The first kappa shape index (κ1) is 20.3. The fraction of sp³-hybridized carbons (Fsp3) is 0.235. The van der Waals surface area contributed by atoms with Gasteiger partial charge < -0.3 is 5.32 Å². The van der Waals surface area contributed by atoms with Crippen LogP contribution in [0.2, 0.25) is 5.02 Å². The van der Waals surface area contributed by atoms with Crippen molar-refractivity contribution in [3.8, 4) is 0 Å². The van der Waals surface area contributed by atoms with Crippen molar-refractivity contribution in [1.29, 1.82) is 0 Å². The number of nitrogens with one attached hydrogen (secondary N) is 1. The highest BCUT2D eigenvalue weighted by molar-refractivity contribution is 7.92. The lowest BCUT2D eigenvalue weighted by Crippen LogP contribution is -2.33. The number of anilines is 1. The van der Waals surface area contributed by atoms with Gasteiger partial charge >= 0.3 is 6.18 Å². The average Bonchev–Trinajstić information content (AvgIpc) is 2.55. The molecule has 0 aliphatic rings. The highest BCUT2D eigenvalue weighted by Gasteiger charge is 2.32. The largest absolute Gasteiger partial charge is 0.416 e. The summed E-state index contributed by atoms with van der Waals surface area (Å²) in [7, 11) is -4.01. The number of benzene rings is 2. The minimum atomic E-state index is -4.57. The normalized spacial score (nSPS) is 13.3. The predicted octanol–water partition coefficient (Wildman–Crippen LogP) is 4.30. The Kier molecular flexibility index (Phi) is 5.98. The lowest BCUT2D eigenvalue weighted by molar-refractivity contribution is -0.137. The van der Waals surface area contributed by atoms with Crippen molar-refractivity contribution in [2.24, 2.45) is 0 Å². The maximum atomic E-state index is 12.7. The molecule has 140 valence electrons. The van der Waals surface area contributed by atoms with Gasteiger partial charge in [-0.1, -0.05) is 29.8 Å². The second-order valence-electron chi connectivity index (χ2n) is 5.64. The highest BCUT2D eigenvalue weighted by atomic mass is 35.5. The maximum absolute atomic E-state index is 12.7. The molecule has 1 atom stereocenters. The Hall–Kier alpha value is -2.06. The van der Waals surface area contributed by atoms with Crippen LogP contribution in [0.5, 0.6) is 0 Å². The molecule has 1 unspecified atom stereocenters. The molecule has 9 heteroatoms. The van der Waals surface area contributed by atoms with E-state index in [1.807, 2.05) is 0 Å². The summed E-state index contributed by atoms with van der Waals surface area (Å²) in [5, 5.41) is 1.45. The second-order valence-corrected chi connectivity index (χ2v) is 8.40. The van der Waals surface area contributed by atoms with Crippen LogP contribution in [0.3, 0.4) is 0 Å². The van der Waals surface area contributed by atoms with Gasteiger partial charge in [0.05, 0.1) is 11.3 Å². The summed E-state index contributed by atoms with van der Waals surface area (Å²) >= 11 is 5.73. The van der Waals surface area contributed by atoms with Crippen LogP contribution in [-0.2, 0) is 26.6 Å². The van der Waals surface area contributed by atoms with Crippen LogP contribution in [0.25, 0.3) is 0 Å². The van der Waals surface area contributed by atoms with E-state index in [2.05, 4.69) is 5.32 Å². The van der Waals surface area contributed by atoms with Crippen LogP contribution in [0.1, 0.15) is 18.1 Å². The minimum Gasteiger partial charge on any atom is -0.325 e. The number of hydrogen-bond acceptors (Lipinski definition) is 3. The number of sulfone groups is 1. The van der Waals surface area contributed by atoms with Crippen LogP contribution in [0.15, 0.2) is 48.5 Å². The van der Waals surface area contributed by atoms with Crippen LogP contribution < -0.4 is 5.32 Å². The summed E-state index contributed by atoms with van der Waals surface area (Å²) in [5.74, 6) is -1.45. The second kappa shape index (κ2) is 7.67. The molecule has 0 aliphatic carbocycles. The van der Waals surface area contributed by atoms with Gasteiger partial charge in [0.25, 0.3) is 0 Å². The number of halogens is 4. The first-order valence-electron chi connectivity index (χ1n) is 7.43. The van der Waals surface area contributed by atoms with Crippen molar-refractivity contribution < 1.29 is 26.4 Å². The van der Waals surface area contributed by atoms with Crippen molar-refractivity contribution in [3.63, 3.8) is 0 Å². The molecule has 1 N–H and O–H groups in total. The van der Waals surface area contributed by atoms with Crippen molar-refractivity contribution in [3.05, 3.63) is 64.7 Å². The van der Waals surface area contributed by atoms with Gasteiger partial charge in [0.1, 0.15) is 5.25 Å². The van der Waals surface area contributed by atoms with E-state index in [9.17, 15) is 26.4 Å². The first-order valence-corrected chi connectivity index (χ1v) is 9.52. The topological polar surface area (TPSA) is 63.2 Å². The van der Waals surface area contributed by atoms with E-state index in [4.69, 9.17) is 11.6 Å². The summed E-state index contributed by atoms with van der Waals surface area (Å²) in [6.07, 6.45) is -4.57. The maximum Gasteiger partial charge on any atom is 0.416 e. The number of alkyl halides is 3. The van der Waals surface area contributed by atoms with E-state index in [0.717, 1.165) is 18.2 Å². The van der Waals surface area contributed by atoms with Crippen molar-refractivity contribution in [2.75, 3.05) is 5.32 Å². The molecule has 0 bridgehead atoms. The van der Waals surface area contributed by atoms with Gasteiger partial charge in [0.2, 0.25) is 5.91 Å². The Morgan fingerprint density at radius 3 is 2.35 bits per heavy atom. The third kappa shape index (κ3) is 5.22. The predicted molar refractivity (Wildman–Crippen MR) is 93.6 cm³/mol. The fourth-order valence-electron chi connectivity index (χ4n) is 2.13.